The number of alkyl halides is 1. The van der Waals surface area contributed by atoms with Crippen LogP contribution in [0.1, 0.15) is 34.6 Å². The number of hydrogen-bond donors (Lipinski definition) is 1. The van der Waals surface area contributed by atoms with Gasteiger partial charge in [-0.25, -0.2) is 15.6 Å². The Morgan fingerprint density at radius 1 is 1.33 bits per heavy atom. The molecule has 2 unspecified atom stereocenters. The van der Waals surface area contributed by atoms with Gasteiger partial charge in [-0.05, 0) is 41.7 Å². The molecule has 1 rings (SSSR count). The van der Waals surface area contributed by atoms with Crippen molar-refractivity contribution in [2.75, 3.05) is 26.7 Å². The third-order valence-corrected chi connectivity index (χ3v) is 5.92. The van der Waals surface area contributed by atoms with E-state index in [1.54, 1.807) is 14.0 Å². The van der Waals surface area contributed by atoms with E-state index in [9.17, 15) is 4.39 Å². The lowest BCUT2D eigenvalue weighted by Crippen LogP contribution is -2.40. The lowest BCUT2D eigenvalue weighted by atomic mass is 10.1. The van der Waals surface area contributed by atoms with Crippen molar-refractivity contribution < 1.29 is 18.2 Å². The van der Waals surface area contributed by atoms with Crippen LogP contribution in [0.25, 0.3) is 4.85 Å². The van der Waals surface area contributed by atoms with Crippen LogP contribution in [0, 0.1) is 6.57 Å². The summed E-state index contributed by atoms with van der Waals surface area (Å²) in [5, 5.41) is 3.02. The van der Waals surface area contributed by atoms with Crippen LogP contribution in [0.2, 0.25) is 0 Å². The smallest absolute Gasteiger partial charge is 0.259 e. The van der Waals surface area contributed by atoms with Gasteiger partial charge >= 0.3 is 0 Å². The quantitative estimate of drug-likeness (QED) is 0.367. The highest BCUT2D eigenvalue weighted by Gasteiger charge is 2.46. The summed E-state index contributed by atoms with van der Waals surface area (Å²) >= 11 is 0. The van der Waals surface area contributed by atoms with Crippen molar-refractivity contribution >= 4 is 8.53 Å². The van der Waals surface area contributed by atoms with Crippen molar-refractivity contribution in [2.24, 2.45) is 0 Å². The topological polar surface area (TPSA) is 47.3 Å². The van der Waals surface area contributed by atoms with E-state index in [4.69, 9.17) is 20.4 Å². The summed E-state index contributed by atoms with van der Waals surface area (Å²) in [7, 11) is 0.339. The minimum Gasteiger partial charge on any atom is -0.368 e. The molecule has 1 aliphatic heterocycles. The first-order chi connectivity index (χ1) is 11.3. The van der Waals surface area contributed by atoms with Crippen molar-refractivity contribution in [3.63, 3.8) is 0 Å². The molecule has 8 heteroatoms. The van der Waals surface area contributed by atoms with E-state index < -0.39 is 26.9 Å². The van der Waals surface area contributed by atoms with E-state index in [1.165, 1.54) is 0 Å². The summed E-state index contributed by atoms with van der Waals surface area (Å²) in [4.78, 5) is 3.31. The number of rotatable bonds is 10. The van der Waals surface area contributed by atoms with Crippen molar-refractivity contribution in [1.82, 2.24) is 9.99 Å². The minimum absolute atomic E-state index is 0.185. The Bertz CT molecular complexity index is 401. The molecule has 0 aromatic carbocycles. The largest absolute Gasteiger partial charge is 0.368 e. The van der Waals surface area contributed by atoms with Gasteiger partial charge in [0.1, 0.15) is 12.7 Å². The first-order valence-electron chi connectivity index (χ1n) is 8.48. The van der Waals surface area contributed by atoms with Crippen molar-refractivity contribution in [3.8, 4) is 0 Å². The Morgan fingerprint density at radius 3 is 2.46 bits per heavy atom. The maximum absolute atomic E-state index is 14.6. The molecule has 24 heavy (non-hydrogen) atoms. The number of ether oxygens (including phenoxy) is 1. The Balaban J connectivity index is 2.90. The van der Waals surface area contributed by atoms with Gasteiger partial charge in [0.25, 0.3) is 8.53 Å². The van der Waals surface area contributed by atoms with E-state index in [1.807, 2.05) is 0 Å². The van der Waals surface area contributed by atoms with Gasteiger partial charge in [-0.15, -0.1) is 0 Å². The van der Waals surface area contributed by atoms with Gasteiger partial charge in [0.2, 0.25) is 6.54 Å². The summed E-state index contributed by atoms with van der Waals surface area (Å²) in [6, 6.07) is 0.370. The zero-order valence-electron chi connectivity index (χ0n) is 15.5. The van der Waals surface area contributed by atoms with Crippen molar-refractivity contribution in [1.29, 1.82) is 0 Å². The maximum atomic E-state index is 14.6. The molecular weight excluding hydrogens is 332 g/mol. The second kappa shape index (κ2) is 10.6. The molecule has 1 heterocycles. The van der Waals surface area contributed by atoms with Gasteiger partial charge in [0, 0.05) is 18.6 Å². The van der Waals surface area contributed by atoms with Crippen LogP contribution in [-0.2, 0) is 13.8 Å². The number of nitrogens with one attached hydrogen (secondary N) is 1. The monoisotopic (exact) mass is 363 g/mol. The summed E-state index contributed by atoms with van der Waals surface area (Å²) in [6.45, 7) is 17.9. The third kappa shape index (κ3) is 5.87. The first-order valence-corrected chi connectivity index (χ1v) is 9.61. The fourth-order valence-corrected chi connectivity index (χ4v) is 4.54. The molecule has 0 amide bonds. The zero-order chi connectivity index (χ0) is 18.3. The molecule has 1 N–H and O–H groups in total. The molecular formula is C16H31FN3O3P. The minimum atomic E-state index is -1.47. The predicted octanol–water partition coefficient (Wildman–Crippen LogP) is 3.00. The fourth-order valence-electron chi connectivity index (χ4n) is 2.79. The molecule has 6 nitrogen and oxygen atoms in total. The summed E-state index contributed by atoms with van der Waals surface area (Å²) < 4.78 is 34.3. The predicted molar refractivity (Wildman–Crippen MR) is 94.5 cm³/mol. The summed E-state index contributed by atoms with van der Waals surface area (Å²) in [5.41, 5.74) is 0. The number of nitrogens with zero attached hydrogens (tertiary/aromatic N) is 2. The van der Waals surface area contributed by atoms with Crippen LogP contribution in [-0.4, -0.2) is 68.0 Å². The van der Waals surface area contributed by atoms with Crippen LogP contribution in [0.3, 0.4) is 0 Å². The number of likely N-dealkylation sites (N-methyl/N-ethyl adjacent to an activating group) is 1. The van der Waals surface area contributed by atoms with Gasteiger partial charge in [0.15, 0.2) is 6.17 Å². The summed E-state index contributed by atoms with van der Waals surface area (Å²) in [5.74, 6) is 0. The highest BCUT2D eigenvalue weighted by atomic mass is 31.2. The molecule has 0 radical (unpaired) electrons. The average molecular weight is 363 g/mol. The van der Waals surface area contributed by atoms with Crippen molar-refractivity contribution in [3.05, 3.63) is 11.4 Å². The lowest BCUT2D eigenvalue weighted by Gasteiger charge is -2.37. The van der Waals surface area contributed by atoms with Crippen molar-refractivity contribution in [2.45, 2.75) is 71.2 Å². The summed E-state index contributed by atoms with van der Waals surface area (Å²) in [6.07, 6.45) is -2.72. The van der Waals surface area contributed by atoms with Gasteiger partial charge in [0.05, 0.1) is 12.2 Å². The van der Waals surface area contributed by atoms with Crippen LogP contribution in [0.15, 0.2) is 0 Å². The Hall–Kier alpha value is -0.350. The van der Waals surface area contributed by atoms with Gasteiger partial charge in [-0.1, -0.05) is 0 Å². The third-order valence-electron chi connectivity index (χ3n) is 3.79. The van der Waals surface area contributed by atoms with Gasteiger partial charge < -0.3 is 23.9 Å². The molecule has 1 fully saturated rings. The van der Waals surface area contributed by atoms with Crippen LogP contribution in [0.4, 0.5) is 4.39 Å². The highest BCUT2D eigenvalue weighted by molar-refractivity contribution is 7.44. The van der Waals surface area contributed by atoms with E-state index in [0.717, 1.165) is 0 Å². The Labute approximate surface area is 146 Å². The molecule has 0 saturated carbocycles. The van der Waals surface area contributed by atoms with E-state index in [2.05, 4.69) is 42.5 Å². The lowest BCUT2D eigenvalue weighted by molar-refractivity contribution is 0.0199. The zero-order valence-corrected chi connectivity index (χ0v) is 16.4. The second-order valence-electron chi connectivity index (χ2n) is 6.47. The van der Waals surface area contributed by atoms with Crippen LogP contribution >= 0.6 is 8.53 Å². The first kappa shape index (κ1) is 21.7. The number of hydrogen-bond acceptors (Lipinski definition) is 5. The average Bonchev–Trinajstić information content (AvgIpc) is 2.74. The van der Waals surface area contributed by atoms with Gasteiger partial charge in [-0.3, -0.25) is 0 Å². The van der Waals surface area contributed by atoms with Gasteiger partial charge in [-0.2, -0.15) is 0 Å². The molecule has 0 aromatic rings. The molecule has 1 saturated heterocycles. The Morgan fingerprint density at radius 2 is 1.96 bits per heavy atom. The molecule has 0 aliphatic carbocycles. The SMILES string of the molecule is [C-]#[N+]CCOP(O[C@@H]1C(F)[C@H](C)O[C@@H]1CNC)N(C(C)C)C(C)C. The van der Waals surface area contributed by atoms with Crippen LogP contribution < -0.4 is 5.32 Å². The maximum Gasteiger partial charge on any atom is 0.259 e. The molecule has 140 valence electrons. The molecule has 0 bridgehead atoms. The molecule has 5 atom stereocenters. The van der Waals surface area contributed by atoms with E-state index >= 15 is 0 Å². The molecule has 0 spiro atoms. The Kier molecular flexibility index (Phi) is 9.58. The fraction of sp³-hybridized carbons (Fsp3) is 0.938. The number of halogens is 1. The van der Waals surface area contributed by atoms with E-state index in [0.29, 0.717) is 6.54 Å². The van der Waals surface area contributed by atoms with Crippen LogP contribution in [0.5, 0.6) is 0 Å². The normalized spacial score (nSPS) is 28.7. The standard InChI is InChI=1S/C16H31FN3O3P/c1-11(2)20(12(3)4)24(21-9-8-18-6)23-16-14(10-19-7)22-13(5)15(16)17/h11-16,19H,8-10H2,1-5,7H3/t13-,14+,15?,16-,24?/m0/s1. The molecule has 1 aliphatic rings. The van der Waals surface area contributed by atoms with E-state index in [-0.39, 0.29) is 31.3 Å². The highest BCUT2D eigenvalue weighted by Crippen LogP contribution is 2.49. The molecule has 0 aromatic heterocycles. The second-order valence-corrected chi connectivity index (χ2v) is 7.88.